The molecule has 0 saturated carbocycles. The Morgan fingerprint density at radius 3 is 2.37 bits per heavy atom. The largest absolute Gasteiger partial charge is 0.507 e. The van der Waals surface area contributed by atoms with E-state index in [2.05, 4.69) is 6.08 Å². The fourth-order valence-electron chi connectivity index (χ4n) is 7.22. The molecule has 1 fully saturated rings. The predicted octanol–water partition coefficient (Wildman–Crippen LogP) is 4.04. The fourth-order valence-corrected chi connectivity index (χ4v) is 7.22. The van der Waals surface area contributed by atoms with Gasteiger partial charge in [0.15, 0.2) is 0 Å². The number of aliphatic hydroxyl groups excluding tert-OH is 2. The summed E-state index contributed by atoms with van der Waals surface area (Å²) in [5.41, 5.74) is 4.66. The third kappa shape index (κ3) is 5.79. The molecule has 0 radical (unpaired) electrons. The van der Waals surface area contributed by atoms with Crippen LogP contribution in [0.5, 0.6) is 5.75 Å². The number of rotatable bonds is 9. The molecule has 0 unspecified atom stereocenters. The second kappa shape index (κ2) is 13.1. The van der Waals surface area contributed by atoms with Gasteiger partial charge in [0.1, 0.15) is 5.75 Å². The van der Waals surface area contributed by atoms with Crippen LogP contribution in [0.15, 0.2) is 102 Å². The van der Waals surface area contributed by atoms with Crippen molar-refractivity contribution >= 4 is 52.5 Å². The summed E-state index contributed by atoms with van der Waals surface area (Å²) in [6.45, 7) is 1.44. The van der Waals surface area contributed by atoms with Crippen LogP contribution in [0.1, 0.15) is 37.3 Å². The molecule has 0 spiro atoms. The van der Waals surface area contributed by atoms with Gasteiger partial charge in [-0.25, -0.2) is 0 Å². The summed E-state index contributed by atoms with van der Waals surface area (Å²) in [6, 6.07) is 27.1. The van der Waals surface area contributed by atoms with E-state index in [0.717, 1.165) is 37.9 Å². The summed E-state index contributed by atoms with van der Waals surface area (Å²) in [4.78, 5) is 28.4. The van der Waals surface area contributed by atoms with E-state index in [1.807, 2.05) is 67.6 Å². The van der Waals surface area contributed by atoms with Gasteiger partial charge in [-0.15, -0.1) is 0 Å². The van der Waals surface area contributed by atoms with Crippen molar-refractivity contribution in [3.63, 3.8) is 0 Å². The van der Waals surface area contributed by atoms with E-state index in [9.17, 15) is 35.0 Å². The monoisotopic (exact) mass is 617 g/mol. The van der Waals surface area contributed by atoms with Gasteiger partial charge < -0.3 is 25.4 Å². The van der Waals surface area contributed by atoms with Gasteiger partial charge in [0.05, 0.1) is 30.2 Å². The highest BCUT2D eigenvalue weighted by Crippen LogP contribution is 2.47. The lowest BCUT2D eigenvalue weighted by molar-refractivity contribution is -0.123. The molecular formula is C37H36BNO7. The molecule has 1 saturated heterocycles. The number of allylic oxidation sites excluding steroid dienone is 2. The van der Waals surface area contributed by atoms with Gasteiger partial charge in [-0.2, -0.15) is 0 Å². The number of imide groups is 1. The lowest BCUT2D eigenvalue weighted by Gasteiger charge is -2.35. The smallest absolute Gasteiger partial charge is 0.488 e. The molecule has 4 aromatic rings. The highest BCUT2D eigenvalue weighted by Gasteiger charge is 2.54. The Kier molecular flexibility index (Phi) is 8.93. The number of fused-ring (bicyclic) bond motifs is 2. The van der Waals surface area contributed by atoms with Gasteiger partial charge in [0.25, 0.3) is 0 Å². The molecule has 1 aliphatic carbocycles. The Hall–Kier alpha value is -4.54. The second-order valence-corrected chi connectivity index (χ2v) is 12.2. The molecule has 1 heterocycles. The van der Waals surface area contributed by atoms with Crippen molar-refractivity contribution in [1.82, 2.24) is 0 Å². The molecule has 46 heavy (non-hydrogen) atoms. The average molecular weight is 618 g/mol. The van der Waals surface area contributed by atoms with E-state index in [4.69, 9.17) is 0 Å². The first-order chi connectivity index (χ1) is 22.2. The molecule has 0 aromatic heterocycles. The van der Waals surface area contributed by atoms with Crippen LogP contribution in [-0.2, 0) is 9.59 Å². The number of carbonyl (C=O) groups is 2. The van der Waals surface area contributed by atoms with Crippen molar-refractivity contribution < 1.29 is 35.0 Å². The minimum Gasteiger partial charge on any atom is -0.507 e. The molecule has 4 atom stereocenters. The van der Waals surface area contributed by atoms with Crippen LogP contribution in [-0.4, -0.2) is 57.0 Å². The second-order valence-electron chi connectivity index (χ2n) is 12.2. The van der Waals surface area contributed by atoms with E-state index < -0.39 is 49.4 Å². The van der Waals surface area contributed by atoms with Crippen LogP contribution in [0.25, 0.3) is 22.4 Å². The molecular weight excluding hydrogens is 581 g/mol. The highest BCUT2D eigenvalue weighted by atomic mass is 16.4. The number of hydrogen-bond donors (Lipinski definition) is 5. The SMILES string of the molecule is CC1=C([C@H](O)CC/C(=C/c2ccc(O)c3ccccc23)c2ccccc2)[C@H](CO)[C@@H]2C(=O)N(c3cccc(B(O)O)c3)C(=O)[C@@H]2C1. The maximum Gasteiger partial charge on any atom is 0.488 e. The van der Waals surface area contributed by atoms with Crippen LogP contribution in [0.2, 0.25) is 0 Å². The van der Waals surface area contributed by atoms with Crippen LogP contribution in [0, 0.1) is 17.8 Å². The van der Waals surface area contributed by atoms with Crippen LogP contribution < -0.4 is 10.4 Å². The number of amides is 2. The fraction of sp³-hybridized carbons (Fsp3) is 0.243. The zero-order valence-corrected chi connectivity index (χ0v) is 25.5. The number of aliphatic hydroxyl groups is 2. The van der Waals surface area contributed by atoms with Crippen molar-refractivity contribution in [3.8, 4) is 5.75 Å². The van der Waals surface area contributed by atoms with E-state index in [-0.39, 0.29) is 23.3 Å². The lowest BCUT2D eigenvalue weighted by Crippen LogP contribution is -2.39. The number of aromatic hydroxyl groups is 1. The molecule has 2 aliphatic rings. The van der Waals surface area contributed by atoms with Gasteiger partial charge in [-0.3, -0.25) is 14.5 Å². The number of benzene rings is 4. The van der Waals surface area contributed by atoms with Gasteiger partial charge in [-0.1, -0.05) is 84.4 Å². The van der Waals surface area contributed by atoms with E-state index in [1.165, 1.54) is 12.1 Å². The maximum atomic E-state index is 13.8. The molecule has 2 amide bonds. The van der Waals surface area contributed by atoms with Crippen LogP contribution in [0.3, 0.4) is 0 Å². The Bertz CT molecular complexity index is 1850. The zero-order valence-electron chi connectivity index (χ0n) is 25.5. The maximum absolute atomic E-state index is 13.8. The summed E-state index contributed by atoms with van der Waals surface area (Å²) < 4.78 is 0. The molecule has 1 aliphatic heterocycles. The molecule has 5 N–H and O–H groups in total. The van der Waals surface area contributed by atoms with Crippen molar-refractivity contribution in [2.45, 2.75) is 32.3 Å². The molecule has 6 rings (SSSR count). The van der Waals surface area contributed by atoms with Gasteiger partial charge in [0.2, 0.25) is 11.8 Å². The Morgan fingerprint density at radius 1 is 0.935 bits per heavy atom. The van der Waals surface area contributed by atoms with E-state index in [1.54, 1.807) is 18.2 Å². The van der Waals surface area contributed by atoms with Gasteiger partial charge >= 0.3 is 7.12 Å². The molecule has 4 aromatic carbocycles. The first kappa shape index (κ1) is 31.4. The number of phenols is 1. The topological polar surface area (TPSA) is 139 Å². The highest BCUT2D eigenvalue weighted by molar-refractivity contribution is 6.58. The standard InChI is InChI=1S/C37H36BNO7/c1-22-18-30-35(37(44)39(36(30)43)27-11-7-10-26(20-27)38(45)46)31(21-40)34(22)33(42)17-14-24(23-8-3-2-4-9-23)19-25-15-16-32(41)29-13-6-5-12-28(25)29/h2-13,15-16,19-20,30-31,33,35,40-42,45-46H,14,17-18,21H2,1H3/b24-19-/t30-,31+,33-,35-/m1/s1. The van der Waals surface area contributed by atoms with Crippen LogP contribution in [0.4, 0.5) is 5.69 Å². The minimum atomic E-state index is -1.76. The Labute approximate surface area is 267 Å². The quantitative estimate of drug-likeness (QED) is 0.0828. The van der Waals surface area contributed by atoms with Crippen molar-refractivity contribution in [1.29, 1.82) is 0 Å². The first-order valence-electron chi connectivity index (χ1n) is 15.5. The summed E-state index contributed by atoms with van der Waals surface area (Å²) >= 11 is 0. The van der Waals surface area contributed by atoms with E-state index in [0.29, 0.717) is 18.4 Å². The number of phenolic OH excluding ortho intramolecular Hbond substituents is 1. The summed E-state index contributed by atoms with van der Waals surface area (Å²) in [7, 11) is -1.76. The molecule has 8 nitrogen and oxygen atoms in total. The lowest BCUT2D eigenvalue weighted by atomic mass is 9.68. The third-order valence-corrected chi connectivity index (χ3v) is 9.41. The van der Waals surface area contributed by atoms with E-state index >= 15 is 0 Å². The molecule has 234 valence electrons. The zero-order chi connectivity index (χ0) is 32.5. The Balaban J connectivity index is 1.29. The minimum absolute atomic E-state index is 0.152. The molecule has 9 heteroatoms. The van der Waals surface area contributed by atoms with Crippen LogP contribution >= 0.6 is 0 Å². The number of hydrogen-bond acceptors (Lipinski definition) is 7. The normalized spacial score (nSPS) is 20.8. The van der Waals surface area contributed by atoms with Gasteiger partial charge in [0, 0.05) is 11.3 Å². The summed E-state index contributed by atoms with van der Waals surface area (Å²) in [5.74, 6) is -2.95. The summed E-state index contributed by atoms with van der Waals surface area (Å²) in [5, 5.41) is 53.6. The summed E-state index contributed by atoms with van der Waals surface area (Å²) in [6.07, 6.45) is 2.18. The average Bonchev–Trinajstić information content (AvgIpc) is 3.32. The first-order valence-corrected chi connectivity index (χ1v) is 15.5. The number of nitrogens with zero attached hydrogens (tertiary/aromatic N) is 1. The third-order valence-electron chi connectivity index (χ3n) is 9.41. The number of anilines is 1. The van der Waals surface area contributed by atoms with Gasteiger partial charge in [-0.05, 0) is 77.5 Å². The predicted molar refractivity (Wildman–Crippen MR) is 179 cm³/mol. The Morgan fingerprint density at radius 2 is 1.65 bits per heavy atom. The number of carbonyl (C=O) groups excluding carboxylic acids is 2. The molecule has 0 bridgehead atoms. The van der Waals surface area contributed by atoms with Crippen molar-refractivity contribution in [2.24, 2.45) is 17.8 Å². The van der Waals surface area contributed by atoms with Crippen molar-refractivity contribution in [2.75, 3.05) is 11.5 Å². The van der Waals surface area contributed by atoms with Crippen molar-refractivity contribution in [3.05, 3.63) is 113 Å².